The zero-order valence-electron chi connectivity index (χ0n) is 14.6. The number of aromatic nitrogens is 1. The number of anilines is 1. The molecule has 0 aliphatic carbocycles. The average molecular weight is 350 g/mol. The SMILES string of the molecule is CCOc1ccc(-c2cnc(NC)c(C(=O)c3ccc(F)cc3)c2)cc1. The number of nitrogens with one attached hydrogen (secondary N) is 1. The molecule has 0 saturated carbocycles. The lowest BCUT2D eigenvalue weighted by molar-refractivity contribution is 0.103. The van der Waals surface area contributed by atoms with Gasteiger partial charge in [0.1, 0.15) is 17.4 Å². The first-order chi connectivity index (χ1) is 12.6. The highest BCUT2D eigenvalue weighted by atomic mass is 19.1. The van der Waals surface area contributed by atoms with Gasteiger partial charge >= 0.3 is 0 Å². The third-order valence-electron chi connectivity index (χ3n) is 3.97. The van der Waals surface area contributed by atoms with E-state index in [2.05, 4.69) is 10.3 Å². The van der Waals surface area contributed by atoms with Gasteiger partial charge in [0.2, 0.25) is 0 Å². The molecule has 0 fully saturated rings. The van der Waals surface area contributed by atoms with E-state index in [4.69, 9.17) is 4.74 Å². The van der Waals surface area contributed by atoms with Crippen LogP contribution in [0.4, 0.5) is 10.2 Å². The standard InChI is InChI=1S/C21H19FN2O2/c1-3-26-18-10-6-14(7-11-18)16-12-19(21(23-2)24-13-16)20(25)15-4-8-17(22)9-5-15/h4-13H,3H2,1-2H3,(H,23,24). The average Bonchev–Trinajstić information content (AvgIpc) is 2.68. The van der Waals surface area contributed by atoms with Gasteiger partial charge in [0.15, 0.2) is 5.78 Å². The van der Waals surface area contributed by atoms with Crippen molar-refractivity contribution in [3.8, 4) is 16.9 Å². The molecule has 1 N–H and O–H groups in total. The highest BCUT2D eigenvalue weighted by Crippen LogP contribution is 2.26. The van der Waals surface area contributed by atoms with E-state index < -0.39 is 0 Å². The Morgan fingerprint density at radius 2 is 1.77 bits per heavy atom. The summed E-state index contributed by atoms with van der Waals surface area (Å²) in [5.41, 5.74) is 2.59. The molecule has 0 saturated heterocycles. The van der Waals surface area contributed by atoms with Crippen molar-refractivity contribution in [2.24, 2.45) is 0 Å². The van der Waals surface area contributed by atoms with E-state index in [0.717, 1.165) is 16.9 Å². The van der Waals surface area contributed by atoms with Crippen LogP contribution in [0.2, 0.25) is 0 Å². The number of nitrogens with zero attached hydrogens (tertiary/aromatic N) is 1. The van der Waals surface area contributed by atoms with E-state index in [0.29, 0.717) is 23.6 Å². The van der Waals surface area contributed by atoms with E-state index in [1.165, 1.54) is 24.3 Å². The van der Waals surface area contributed by atoms with Gasteiger partial charge in [-0.25, -0.2) is 9.37 Å². The summed E-state index contributed by atoms with van der Waals surface area (Å²) in [5.74, 6) is 0.680. The van der Waals surface area contributed by atoms with Crippen LogP contribution in [-0.2, 0) is 0 Å². The van der Waals surface area contributed by atoms with Gasteiger partial charge in [-0.1, -0.05) is 12.1 Å². The van der Waals surface area contributed by atoms with Crippen molar-refractivity contribution in [3.05, 3.63) is 77.7 Å². The van der Waals surface area contributed by atoms with E-state index >= 15 is 0 Å². The maximum Gasteiger partial charge on any atom is 0.196 e. The summed E-state index contributed by atoms with van der Waals surface area (Å²) in [6, 6.07) is 14.9. The molecular formula is C21H19FN2O2. The molecule has 4 nitrogen and oxygen atoms in total. The van der Waals surface area contributed by atoms with Crippen LogP contribution in [0.1, 0.15) is 22.8 Å². The number of benzene rings is 2. The molecule has 1 heterocycles. The van der Waals surface area contributed by atoms with E-state index in [1.807, 2.05) is 31.2 Å². The predicted octanol–water partition coefficient (Wildman–Crippen LogP) is 4.56. The molecule has 0 atom stereocenters. The third kappa shape index (κ3) is 3.72. The summed E-state index contributed by atoms with van der Waals surface area (Å²) in [6.07, 6.45) is 1.71. The fourth-order valence-corrected chi connectivity index (χ4v) is 2.66. The smallest absolute Gasteiger partial charge is 0.196 e. The van der Waals surface area contributed by atoms with Crippen LogP contribution in [0.15, 0.2) is 60.8 Å². The molecule has 3 rings (SSSR count). The molecule has 5 heteroatoms. The number of rotatable bonds is 6. The lowest BCUT2D eigenvalue weighted by Gasteiger charge is -2.11. The molecule has 3 aromatic rings. The summed E-state index contributed by atoms with van der Waals surface area (Å²) < 4.78 is 18.6. The van der Waals surface area contributed by atoms with Gasteiger partial charge in [-0.3, -0.25) is 4.79 Å². The summed E-state index contributed by atoms with van der Waals surface area (Å²) in [6.45, 7) is 2.54. The number of ether oxygens (including phenoxy) is 1. The number of hydrogen-bond donors (Lipinski definition) is 1. The molecule has 0 aliphatic heterocycles. The second kappa shape index (κ2) is 7.78. The molecule has 0 bridgehead atoms. The third-order valence-corrected chi connectivity index (χ3v) is 3.97. The summed E-state index contributed by atoms with van der Waals surface area (Å²) in [7, 11) is 1.71. The topological polar surface area (TPSA) is 51.2 Å². The van der Waals surface area contributed by atoms with Gasteiger partial charge in [-0.15, -0.1) is 0 Å². The Labute approximate surface area is 151 Å². The summed E-state index contributed by atoms with van der Waals surface area (Å²) in [4.78, 5) is 17.2. The lowest BCUT2D eigenvalue weighted by Crippen LogP contribution is -2.07. The van der Waals surface area contributed by atoms with Gasteiger partial charge < -0.3 is 10.1 Å². The highest BCUT2D eigenvalue weighted by Gasteiger charge is 2.16. The maximum absolute atomic E-state index is 13.1. The van der Waals surface area contributed by atoms with Crippen molar-refractivity contribution in [2.75, 3.05) is 19.0 Å². The molecule has 0 amide bonds. The number of halogens is 1. The van der Waals surface area contributed by atoms with E-state index in [1.54, 1.807) is 19.3 Å². The number of ketones is 1. The Morgan fingerprint density at radius 1 is 1.08 bits per heavy atom. The van der Waals surface area contributed by atoms with Crippen molar-refractivity contribution < 1.29 is 13.9 Å². The molecule has 132 valence electrons. The minimum atomic E-state index is -0.378. The second-order valence-electron chi connectivity index (χ2n) is 5.66. The first-order valence-corrected chi connectivity index (χ1v) is 8.33. The lowest BCUT2D eigenvalue weighted by atomic mass is 9.99. The Balaban J connectivity index is 1.98. The van der Waals surface area contributed by atoms with Crippen molar-refractivity contribution in [1.29, 1.82) is 0 Å². The fourth-order valence-electron chi connectivity index (χ4n) is 2.66. The van der Waals surface area contributed by atoms with Crippen LogP contribution in [0.25, 0.3) is 11.1 Å². The van der Waals surface area contributed by atoms with Gasteiger partial charge in [-0.2, -0.15) is 0 Å². The van der Waals surface area contributed by atoms with Gasteiger partial charge in [-0.05, 0) is 55.0 Å². The Kier molecular flexibility index (Phi) is 5.27. The normalized spacial score (nSPS) is 10.4. The van der Waals surface area contributed by atoms with Crippen molar-refractivity contribution in [1.82, 2.24) is 4.98 Å². The van der Waals surface area contributed by atoms with Crippen LogP contribution >= 0.6 is 0 Å². The first kappa shape index (κ1) is 17.6. The van der Waals surface area contributed by atoms with E-state index in [-0.39, 0.29) is 11.6 Å². The first-order valence-electron chi connectivity index (χ1n) is 8.33. The Hall–Kier alpha value is -3.21. The summed E-state index contributed by atoms with van der Waals surface area (Å²) in [5, 5.41) is 2.94. The number of hydrogen-bond acceptors (Lipinski definition) is 4. The minimum Gasteiger partial charge on any atom is -0.494 e. The van der Waals surface area contributed by atoms with Gasteiger partial charge in [0.05, 0.1) is 12.2 Å². The van der Waals surface area contributed by atoms with Gasteiger partial charge in [0.25, 0.3) is 0 Å². The second-order valence-corrected chi connectivity index (χ2v) is 5.66. The molecule has 1 aromatic heterocycles. The number of carbonyl (C=O) groups is 1. The van der Waals surface area contributed by atoms with E-state index in [9.17, 15) is 9.18 Å². The van der Waals surface area contributed by atoms with Crippen molar-refractivity contribution in [2.45, 2.75) is 6.92 Å². The van der Waals surface area contributed by atoms with Crippen molar-refractivity contribution >= 4 is 11.6 Å². The quantitative estimate of drug-likeness (QED) is 0.662. The Morgan fingerprint density at radius 3 is 2.38 bits per heavy atom. The monoisotopic (exact) mass is 350 g/mol. The molecule has 2 aromatic carbocycles. The molecule has 26 heavy (non-hydrogen) atoms. The van der Waals surface area contributed by atoms with Crippen LogP contribution in [0, 0.1) is 5.82 Å². The van der Waals surface area contributed by atoms with Gasteiger partial charge in [0, 0.05) is 24.4 Å². The van der Waals surface area contributed by atoms with Crippen molar-refractivity contribution in [3.63, 3.8) is 0 Å². The largest absolute Gasteiger partial charge is 0.494 e. The van der Waals surface area contributed by atoms with Crippen LogP contribution in [0.3, 0.4) is 0 Å². The molecule has 0 unspecified atom stereocenters. The highest BCUT2D eigenvalue weighted by molar-refractivity contribution is 6.12. The molecule has 0 aliphatic rings. The molecule has 0 spiro atoms. The Bertz CT molecular complexity index is 906. The zero-order chi connectivity index (χ0) is 18.5. The minimum absolute atomic E-state index is 0.213. The van der Waals surface area contributed by atoms with Crippen LogP contribution in [-0.4, -0.2) is 24.4 Å². The van der Waals surface area contributed by atoms with Crippen LogP contribution < -0.4 is 10.1 Å². The predicted molar refractivity (Wildman–Crippen MR) is 100 cm³/mol. The fraction of sp³-hybridized carbons (Fsp3) is 0.143. The van der Waals surface area contributed by atoms with Crippen LogP contribution in [0.5, 0.6) is 5.75 Å². The molecular weight excluding hydrogens is 331 g/mol. The number of carbonyl (C=O) groups excluding carboxylic acids is 1. The summed E-state index contributed by atoms with van der Waals surface area (Å²) >= 11 is 0. The zero-order valence-corrected chi connectivity index (χ0v) is 14.6. The maximum atomic E-state index is 13.1. The molecule has 0 radical (unpaired) electrons. The number of pyridine rings is 1.